The van der Waals surface area contributed by atoms with Crippen LogP contribution in [0.2, 0.25) is 0 Å². The summed E-state index contributed by atoms with van der Waals surface area (Å²) in [6, 6.07) is 14.5. The lowest BCUT2D eigenvalue weighted by molar-refractivity contribution is 0.0767. The van der Waals surface area contributed by atoms with Gasteiger partial charge in [0.15, 0.2) is 0 Å². The van der Waals surface area contributed by atoms with Gasteiger partial charge in [-0.05, 0) is 30.7 Å². The maximum absolute atomic E-state index is 12.7. The van der Waals surface area contributed by atoms with Crippen LogP contribution in [0.25, 0.3) is 0 Å². The predicted molar refractivity (Wildman–Crippen MR) is 93.3 cm³/mol. The number of aromatic nitrogens is 1. The first kappa shape index (κ1) is 15.1. The number of benzene rings is 1. The van der Waals surface area contributed by atoms with E-state index in [1.807, 2.05) is 4.90 Å². The van der Waals surface area contributed by atoms with E-state index in [9.17, 15) is 4.79 Å². The first-order chi connectivity index (χ1) is 11.6. The average molecular weight is 322 g/mol. The Labute approximate surface area is 142 Å². The van der Waals surface area contributed by atoms with Crippen molar-refractivity contribution in [1.29, 1.82) is 0 Å². The van der Waals surface area contributed by atoms with Crippen molar-refractivity contribution in [2.45, 2.75) is 6.04 Å². The maximum Gasteiger partial charge on any atom is 0.255 e. The van der Waals surface area contributed by atoms with Crippen LogP contribution in [0.4, 0.5) is 5.82 Å². The van der Waals surface area contributed by atoms with Crippen LogP contribution in [0.5, 0.6) is 0 Å². The van der Waals surface area contributed by atoms with Crippen molar-refractivity contribution >= 4 is 11.7 Å². The number of fused-ring (bicyclic) bond motifs is 1. The number of carbonyl (C=O) groups excluding carboxylic acids is 1. The number of hydrogen-bond acceptors (Lipinski definition) is 4. The summed E-state index contributed by atoms with van der Waals surface area (Å²) >= 11 is 0. The lowest BCUT2D eigenvalue weighted by atomic mass is 9.90. The molecule has 2 aromatic rings. The van der Waals surface area contributed by atoms with E-state index < -0.39 is 0 Å². The van der Waals surface area contributed by atoms with Gasteiger partial charge in [0.05, 0.1) is 5.56 Å². The van der Waals surface area contributed by atoms with Crippen LogP contribution in [0, 0.1) is 11.8 Å². The molecule has 0 aliphatic carbocycles. The van der Waals surface area contributed by atoms with E-state index in [1.54, 1.807) is 18.3 Å². The third kappa shape index (κ3) is 2.55. The molecule has 1 aromatic carbocycles. The third-order valence-corrected chi connectivity index (χ3v) is 5.36. The molecule has 0 spiro atoms. The molecule has 2 aliphatic heterocycles. The van der Waals surface area contributed by atoms with Gasteiger partial charge in [0, 0.05) is 37.8 Å². The van der Waals surface area contributed by atoms with Crippen molar-refractivity contribution in [1.82, 2.24) is 14.8 Å². The molecular weight excluding hydrogens is 300 g/mol. The fraction of sp³-hybridized carbons (Fsp3) is 0.368. The largest absolute Gasteiger partial charge is 0.384 e. The first-order valence-electron chi connectivity index (χ1n) is 8.39. The van der Waals surface area contributed by atoms with Crippen molar-refractivity contribution < 1.29 is 4.79 Å². The topological polar surface area (TPSA) is 62.5 Å². The Morgan fingerprint density at radius 3 is 2.62 bits per heavy atom. The zero-order valence-corrected chi connectivity index (χ0v) is 13.8. The fourth-order valence-electron chi connectivity index (χ4n) is 4.29. The van der Waals surface area contributed by atoms with Crippen molar-refractivity contribution in [2.75, 3.05) is 32.4 Å². The second-order valence-corrected chi connectivity index (χ2v) is 6.90. The van der Waals surface area contributed by atoms with Gasteiger partial charge in [-0.25, -0.2) is 4.98 Å². The molecule has 3 heterocycles. The van der Waals surface area contributed by atoms with Gasteiger partial charge in [-0.3, -0.25) is 9.69 Å². The average Bonchev–Trinajstić information content (AvgIpc) is 3.12. The maximum atomic E-state index is 12.7. The molecule has 0 unspecified atom stereocenters. The number of anilines is 1. The van der Waals surface area contributed by atoms with Crippen LogP contribution in [-0.2, 0) is 0 Å². The first-order valence-corrected chi connectivity index (χ1v) is 8.39. The number of amides is 1. The highest BCUT2D eigenvalue weighted by molar-refractivity contribution is 5.94. The summed E-state index contributed by atoms with van der Waals surface area (Å²) < 4.78 is 0. The van der Waals surface area contributed by atoms with Gasteiger partial charge in [0.2, 0.25) is 0 Å². The van der Waals surface area contributed by atoms with E-state index in [0.717, 1.165) is 19.6 Å². The zero-order chi connectivity index (χ0) is 16.7. The van der Waals surface area contributed by atoms with E-state index in [0.29, 0.717) is 29.3 Å². The minimum Gasteiger partial charge on any atom is -0.384 e. The van der Waals surface area contributed by atoms with Gasteiger partial charge in [0.25, 0.3) is 5.91 Å². The van der Waals surface area contributed by atoms with Crippen LogP contribution in [0.1, 0.15) is 22.0 Å². The highest BCUT2D eigenvalue weighted by atomic mass is 16.2. The Morgan fingerprint density at radius 1 is 1.12 bits per heavy atom. The number of carbonyl (C=O) groups is 1. The molecular formula is C19H22N4O. The molecule has 2 saturated heterocycles. The molecule has 4 rings (SSSR count). The van der Waals surface area contributed by atoms with Gasteiger partial charge in [0.1, 0.15) is 5.82 Å². The van der Waals surface area contributed by atoms with Crippen molar-refractivity contribution in [3.63, 3.8) is 0 Å². The Kier molecular flexibility index (Phi) is 3.73. The zero-order valence-electron chi connectivity index (χ0n) is 13.8. The molecule has 0 saturated carbocycles. The van der Waals surface area contributed by atoms with E-state index in [2.05, 4.69) is 47.3 Å². The molecule has 5 heteroatoms. The summed E-state index contributed by atoms with van der Waals surface area (Å²) in [6.45, 7) is 2.66. The molecule has 0 bridgehead atoms. The number of nitrogens with zero attached hydrogens (tertiary/aromatic N) is 3. The predicted octanol–water partition coefficient (Wildman–Crippen LogP) is 2.04. The molecule has 0 radical (unpaired) electrons. The van der Waals surface area contributed by atoms with Crippen LogP contribution >= 0.6 is 0 Å². The molecule has 1 amide bonds. The Bertz CT molecular complexity index is 731. The van der Waals surface area contributed by atoms with E-state index in [4.69, 9.17) is 5.73 Å². The lowest BCUT2D eigenvalue weighted by Gasteiger charge is -2.26. The van der Waals surface area contributed by atoms with Gasteiger partial charge in [-0.2, -0.15) is 0 Å². The normalized spacial score (nSPS) is 26.5. The van der Waals surface area contributed by atoms with Crippen LogP contribution in [-0.4, -0.2) is 47.4 Å². The number of pyridine rings is 1. The second-order valence-electron chi connectivity index (χ2n) is 6.90. The molecule has 5 nitrogen and oxygen atoms in total. The van der Waals surface area contributed by atoms with Gasteiger partial charge >= 0.3 is 0 Å². The third-order valence-electron chi connectivity index (χ3n) is 5.36. The van der Waals surface area contributed by atoms with E-state index in [1.165, 1.54) is 5.56 Å². The summed E-state index contributed by atoms with van der Waals surface area (Å²) in [4.78, 5) is 21.2. The summed E-state index contributed by atoms with van der Waals surface area (Å²) in [6.07, 6.45) is 1.58. The lowest BCUT2D eigenvalue weighted by Crippen LogP contribution is -2.33. The standard InChI is InChI=1S/C19H22N4O/c1-22-10-15-11-23(19(24)14-7-8-17(20)21-9-14)12-16(15)18(22)13-5-3-2-4-6-13/h2-9,15-16,18H,10-12H2,1H3,(H2,20,21)/t15-,16+,18-/m0/s1. The van der Waals surface area contributed by atoms with Crippen molar-refractivity contribution in [3.8, 4) is 0 Å². The Morgan fingerprint density at radius 2 is 1.92 bits per heavy atom. The Balaban J connectivity index is 1.54. The highest BCUT2D eigenvalue weighted by Gasteiger charge is 2.47. The Hall–Kier alpha value is -2.40. The SMILES string of the molecule is CN1C[C@H]2CN(C(=O)c3ccc(N)nc3)C[C@H]2[C@@H]1c1ccccc1. The molecule has 2 fully saturated rings. The van der Waals surface area contributed by atoms with Crippen LogP contribution in [0.3, 0.4) is 0 Å². The van der Waals surface area contributed by atoms with Crippen LogP contribution < -0.4 is 5.73 Å². The number of nitrogen functional groups attached to an aromatic ring is 1. The highest BCUT2D eigenvalue weighted by Crippen LogP contribution is 2.44. The fourth-order valence-corrected chi connectivity index (χ4v) is 4.29. The second kappa shape index (κ2) is 5.91. The number of hydrogen-bond donors (Lipinski definition) is 1. The summed E-state index contributed by atoms with van der Waals surface area (Å²) in [7, 11) is 2.19. The minimum atomic E-state index is 0.0614. The van der Waals surface area contributed by atoms with Crippen molar-refractivity contribution in [2.24, 2.45) is 11.8 Å². The summed E-state index contributed by atoms with van der Waals surface area (Å²) in [5, 5.41) is 0. The molecule has 24 heavy (non-hydrogen) atoms. The van der Waals surface area contributed by atoms with Gasteiger partial charge < -0.3 is 10.6 Å². The molecule has 1 aromatic heterocycles. The monoisotopic (exact) mass is 322 g/mol. The van der Waals surface area contributed by atoms with Gasteiger partial charge in [-0.1, -0.05) is 30.3 Å². The molecule has 124 valence electrons. The van der Waals surface area contributed by atoms with Crippen molar-refractivity contribution in [3.05, 3.63) is 59.8 Å². The molecule has 2 N–H and O–H groups in total. The van der Waals surface area contributed by atoms with E-state index in [-0.39, 0.29) is 5.91 Å². The molecule has 2 aliphatic rings. The quantitative estimate of drug-likeness (QED) is 0.919. The summed E-state index contributed by atoms with van der Waals surface area (Å²) in [5.41, 5.74) is 7.57. The smallest absolute Gasteiger partial charge is 0.255 e. The number of nitrogens with two attached hydrogens (primary N) is 1. The van der Waals surface area contributed by atoms with E-state index >= 15 is 0 Å². The van der Waals surface area contributed by atoms with Gasteiger partial charge in [-0.15, -0.1) is 0 Å². The number of rotatable bonds is 2. The minimum absolute atomic E-state index is 0.0614. The summed E-state index contributed by atoms with van der Waals surface area (Å²) in [5.74, 6) is 1.52. The molecule has 3 atom stereocenters. The number of likely N-dealkylation sites (tertiary alicyclic amines) is 2. The van der Waals surface area contributed by atoms with Crippen LogP contribution in [0.15, 0.2) is 48.7 Å².